The number of halogens is 3. The van der Waals surface area contributed by atoms with Crippen LogP contribution in [0.25, 0.3) is 22.3 Å². The van der Waals surface area contributed by atoms with Gasteiger partial charge in [-0.15, -0.1) is 11.3 Å². The number of pyridine rings is 1. The quantitative estimate of drug-likeness (QED) is 0.0907. The van der Waals surface area contributed by atoms with Crippen molar-refractivity contribution in [3.63, 3.8) is 0 Å². The minimum atomic E-state index is -4.16. The summed E-state index contributed by atoms with van der Waals surface area (Å²) < 4.78 is 75.4. The van der Waals surface area contributed by atoms with Crippen LogP contribution in [0.2, 0.25) is 5.02 Å². The van der Waals surface area contributed by atoms with Crippen molar-refractivity contribution in [2.24, 2.45) is 5.92 Å². The number of ether oxygens (including phenoxy) is 4. The van der Waals surface area contributed by atoms with Crippen molar-refractivity contribution in [3.8, 4) is 22.9 Å². The summed E-state index contributed by atoms with van der Waals surface area (Å²) in [5, 5.41) is 10.8. The summed E-state index contributed by atoms with van der Waals surface area (Å²) in [5.74, 6) is -2.84. The van der Waals surface area contributed by atoms with Crippen molar-refractivity contribution in [1.29, 1.82) is 0 Å². The Morgan fingerprint density at radius 2 is 1.88 bits per heavy atom. The van der Waals surface area contributed by atoms with E-state index in [1.807, 2.05) is 19.2 Å². The number of aromatic nitrogens is 2. The molecule has 356 valence electrons. The number of amides is 3. The number of nitrogens with one attached hydrogen (secondary N) is 3. The Morgan fingerprint density at radius 1 is 1.12 bits per heavy atom. The lowest BCUT2D eigenvalue weighted by Crippen LogP contribution is -2.55. The molecule has 3 amide bonds. The Morgan fingerprint density at radius 3 is 2.58 bits per heavy atom. The second-order valence-corrected chi connectivity index (χ2v) is 21.8. The van der Waals surface area contributed by atoms with Crippen LogP contribution in [0.4, 0.5) is 18.7 Å². The zero-order valence-electron chi connectivity index (χ0n) is 38.0. The fraction of sp³-hybridized carbons (Fsp3) is 0.500. The second-order valence-electron chi connectivity index (χ2n) is 17.8. The molecule has 4 aromatic rings. The first-order valence-electron chi connectivity index (χ1n) is 21.9. The number of benzene rings is 2. The number of nitrogens with zero attached hydrogens (tertiary/aromatic N) is 3. The standard InChI is InChI=1S/C46H56ClF2N6O9PS/c1-8-62-65(59,24-30-31(48)12-11-13-32(30)49)46-22-27(46)17-19-61-18-10-9-14-33(53-44(58)64-45(4,5)6)42(57)55-23-28(20-36(55)41(56)54-46)63-38-21-34(35-25-66-43(52-35)50-26(2)3)51-40-29(38)15-16-37(60-7)39(40)47/h9-13,15-16,21,25-28,33,36H,8,14,17-20,22-24H2,1-7H3,(H,50,52)(H,53,58)(H,54,56)/t27-,28-,33+,36+,46+,65?/m1/s1. The van der Waals surface area contributed by atoms with E-state index in [0.717, 1.165) is 12.1 Å². The SMILES string of the molecule is CCOP(=O)(Cc1c(F)cccc1F)[C@@]12C[C@H]1CCOCC=CC[C@H](NC(=O)OC(C)(C)C)C(=O)N1C[C@H](Oc3cc(-c4csc(NC(C)C)n4)nc4c(Cl)c(OC)ccc34)C[C@H]1C(=O)N2. The zero-order chi connectivity index (χ0) is 47.6. The van der Waals surface area contributed by atoms with E-state index in [0.29, 0.717) is 45.3 Å². The highest BCUT2D eigenvalue weighted by Gasteiger charge is 2.67. The van der Waals surface area contributed by atoms with Crippen LogP contribution in [0, 0.1) is 17.6 Å². The maximum absolute atomic E-state index is 15.3. The summed E-state index contributed by atoms with van der Waals surface area (Å²) in [6, 6.07) is 6.22. The van der Waals surface area contributed by atoms with Crippen molar-refractivity contribution in [2.75, 3.05) is 38.8 Å². The summed E-state index contributed by atoms with van der Waals surface area (Å²) in [7, 11) is -2.67. The topological polar surface area (TPSA) is 180 Å². The number of carbonyl (C=O) groups excluding carboxylic acids is 3. The average molecular weight is 973 g/mol. The molecule has 66 heavy (non-hydrogen) atoms. The first-order valence-corrected chi connectivity index (χ1v) is 25.0. The first-order chi connectivity index (χ1) is 31.3. The summed E-state index contributed by atoms with van der Waals surface area (Å²) in [4.78, 5) is 54.1. The van der Waals surface area contributed by atoms with Crippen LogP contribution in [-0.2, 0) is 34.3 Å². The van der Waals surface area contributed by atoms with Crippen molar-refractivity contribution < 1.29 is 51.2 Å². The molecule has 0 bridgehead atoms. The average Bonchev–Trinajstić information content (AvgIpc) is 3.51. The third-order valence-corrected chi connectivity index (χ3v) is 15.9. The summed E-state index contributed by atoms with van der Waals surface area (Å²) in [5.41, 5.74) is 0.0587. The third kappa shape index (κ3) is 10.8. The van der Waals surface area contributed by atoms with Gasteiger partial charge in [0.15, 0.2) is 5.13 Å². The maximum Gasteiger partial charge on any atom is 0.408 e. The van der Waals surface area contributed by atoms with E-state index in [4.69, 9.17) is 45.0 Å². The molecule has 4 heterocycles. The lowest BCUT2D eigenvalue weighted by molar-refractivity contribution is -0.140. The van der Waals surface area contributed by atoms with Gasteiger partial charge in [0.1, 0.15) is 62.9 Å². The fourth-order valence-corrected chi connectivity index (χ4v) is 12.8. The molecule has 3 aliphatic rings. The monoisotopic (exact) mass is 972 g/mol. The van der Waals surface area contributed by atoms with Crippen LogP contribution in [0.1, 0.15) is 72.8 Å². The number of thiazole rings is 1. The predicted molar refractivity (Wildman–Crippen MR) is 248 cm³/mol. The van der Waals surface area contributed by atoms with Crippen molar-refractivity contribution in [3.05, 3.63) is 76.2 Å². The van der Waals surface area contributed by atoms with Gasteiger partial charge in [-0.1, -0.05) is 29.8 Å². The summed E-state index contributed by atoms with van der Waals surface area (Å²) in [6.45, 7) is 10.9. The Balaban J connectivity index is 1.29. The Labute approximate surface area is 391 Å². The van der Waals surface area contributed by atoms with Crippen molar-refractivity contribution in [2.45, 2.75) is 108 Å². The molecule has 0 radical (unpaired) electrons. The lowest BCUT2D eigenvalue weighted by atomic mass is 10.1. The number of hydrogen-bond acceptors (Lipinski definition) is 13. The van der Waals surface area contributed by atoms with Gasteiger partial charge < -0.3 is 44.3 Å². The molecule has 7 rings (SSSR count). The van der Waals surface area contributed by atoms with Crippen LogP contribution in [0.15, 0.2) is 53.9 Å². The molecule has 0 spiro atoms. The van der Waals surface area contributed by atoms with Crippen molar-refractivity contribution in [1.82, 2.24) is 25.5 Å². The zero-order valence-corrected chi connectivity index (χ0v) is 40.4. The summed E-state index contributed by atoms with van der Waals surface area (Å²) >= 11 is 8.28. The van der Waals surface area contributed by atoms with Crippen LogP contribution in [-0.4, -0.2) is 101 Å². The fourth-order valence-electron chi connectivity index (χ4n) is 8.41. The van der Waals surface area contributed by atoms with Gasteiger partial charge in [0.05, 0.1) is 44.2 Å². The molecular weight excluding hydrogens is 917 g/mol. The van der Waals surface area contributed by atoms with Gasteiger partial charge in [0.2, 0.25) is 19.2 Å². The molecule has 2 aromatic carbocycles. The molecule has 2 aliphatic heterocycles. The van der Waals surface area contributed by atoms with Gasteiger partial charge >= 0.3 is 6.09 Å². The molecule has 20 heteroatoms. The van der Waals surface area contributed by atoms with E-state index in [2.05, 4.69) is 16.0 Å². The third-order valence-electron chi connectivity index (χ3n) is 11.5. The van der Waals surface area contributed by atoms with Crippen molar-refractivity contribution >= 4 is 64.2 Å². The van der Waals surface area contributed by atoms with Crippen LogP contribution in [0.3, 0.4) is 0 Å². The van der Waals surface area contributed by atoms with E-state index in [1.165, 1.54) is 29.4 Å². The number of hydrogen-bond donors (Lipinski definition) is 3. The largest absolute Gasteiger partial charge is 0.495 e. The first kappa shape index (κ1) is 49.0. The van der Waals surface area contributed by atoms with Gasteiger partial charge in [0.25, 0.3) is 0 Å². The number of alkyl carbamates (subject to hydrolysis) is 1. The second kappa shape index (κ2) is 20.2. The van der Waals surface area contributed by atoms with Gasteiger partial charge in [0, 0.05) is 41.5 Å². The van der Waals surface area contributed by atoms with E-state index < -0.39 is 83.6 Å². The maximum atomic E-state index is 15.3. The number of anilines is 1. The van der Waals surface area contributed by atoms with Gasteiger partial charge in [-0.3, -0.25) is 14.2 Å². The smallest absolute Gasteiger partial charge is 0.408 e. The molecule has 1 saturated carbocycles. The molecule has 3 N–H and O–H groups in total. The molecule has 1 aliphatic carbocycles. The van der Waals surface area contributed by atoms with E-state index in [9.17, 15) is 9.59 Å². The Hall–Kier alpha value is -4.87. The Kier molecular flexibility index (Phi) is 15.0. The van der Waals surface area contributed by atoms with E-state index >= 15 is 18.1 Å². The predicted octanol–water partition coefficient (Wildman–Crippen LogP) is 9.07. The molecule has 2 fully saturated rings. The molecule has 1 unspecified atom stereocenters. The van der Waals surface area contributed by atoms with Crippen LogP contribution in [0.5, 0.6) is 11.5 Å². The number of methoxy groups -OCH3 is 1. The Bertz CT molecular complexity index is 2520. The number of fused-ring (bicyclic) bond motifs is 3. The summed E-state index contributed by atoms with van der Waals surface area (Å²) in [6.07, 6.45) is 1.59. The number of rotatable bonds is 12. The minimum absolute atomic E-state index is 0.0259. The number of carbonyl (C=O) groups is 3. The molecule has 6 atom stereocenters. The van der Waals surface area contributed by atoms with E-state index in [1.54, 1.807) is 58.0 Å². The highest BCUT2D eigenvalue weighted by atomic mass is 35.5. The normalized spacial score (nSPS) is 23.5. The molecule has 15 nitrogen and oxygen atoms in total. The van der Waals surface area contributed by atoms with E-state index in [-0.39, 0.29) is 56.7 Å². The lowest BCUT2D eigenvalue weighted by Gasteiger charge is -2.33. The molecule has 2 aromatic heterocycles. The highest BCUT2D eigenvalue weighted by Crippen LogP contribution is 2.74. The minimum Gasteiger partial charge on any atom is -0.495 e. The van der Waals surface area contributed by atoms with Crippen LogP contribution >= 0.6 is 30.3 Å². The molecule has 1 saturated heterocycles. The van der Waals surface area contributed by atoms with Gasteiger partial charge in [-0.25, -0.2) is 23.5 Å². The van der Waals surface area contributed by atoms with Gasteiger partial charge in [-0.05, 0) is 91.0 Å². The van der Waals surface area contributed by atoms with Gasteiger partial charge in [-0.2, -0.15) is 0 Å². The van der Waals surface area contributed by atoms with Crippen LogP contribution < -0.4 is 25.4 Å². The highest BCUT2D eigenvalue weighted by molar-refractivity contribution is 7.60. The molecular formula is C46H56ClF2N6O9PS.